The summed E-state index contributed by atoms with van der Waals surface area (Å²) in [6.45, 7) is 3.31. The van der Waals surface area contributed by atoms with Gasteiger partial charge in [0.1, 0.15) is 5.75 Å². The van der Waals surface area contributed by atoms with Crippen LogP contribution in [-0.4, -0.2) is 13.7 Å². The molecular weight excluding hydrogens is 234 g/mol. The van der Waals surface area contributed by atoms with Crippen LogP contribution in [-0.2, 0) is 6.42 Å². The highest BCUT2D eigenvalue weighted by Gasteiger charge is 2.38. The van der Waals surface area contributed by atoms with E-state index in [0.717, 1.165) is 19.4 Å². The Morgan fingerprint density at radius 3 is 2.74 bits per heavy atom. The van der Waals surface area contributed by atoms with Crippen molar-refractivity contribution in [1.29, 1.82) is 0 Å². The molecule has 0 saturated heterocycles. The molecule has 1 aliphatic carbocycles. The normalized spacial score (nSPS) is 22.6. The average molecular weight is 259 g/mol. The topological polar surface area (TPSA) is 21.3 Å². The van der Waals surface area contributed by atoms with Crippen molar-refractivity contribution in [3.63, 3.8) is 0 Å². The quantitative estimate of drug-likeness (QED) is 0.890. The lowest BCUT2D eigenvalue weighted by Gasteiger charge is -2.36. The lowest BCUT2D eigenvalue weighted by molar-refractivity contribution is 0.219. The molecule has 1 aliphatic heterocycles. The van der Waals surface area contributed by atoms with Gasteiger partial charge in [0.2, 0.25) is 0 Å². The molecule has 1 heterocycles. The molecule has 2 aliphatic rings. The number of fused-ring (bicyclic) bond motifs is 1. The molecule has 0 aromatic heterocycles. The second-order valence-corrected chi connectivity index (χ2v) is 6.37. The monoisotopic (exact) mass is 259 g/mol. The maximum absolute atomic E-state index is 6.00. The zero-order valence-corrected chi connectivity index (χ0v) is 12.2. The zero-order valence-electron chi connectivity index (χ0n) is 12.2. The van der Waals surface area contributed by atoms with Crippen molar-refractivity contribution < 1.29 is 4.74 Å². The summed E-state index contributed by atoms with van der Waals surface area (Å²) < 4.78 is 6.00. The van der Waals surface area contributed by atoms with Crippen molar-refractivity contribution in [1.82, 2.24) is 5.32 Å². The van der Waals surface area contributed by atoms with Crippen LogP contribution in [0.25, 0.3) is 0 Å². The summed E-state index contributed by atoms with van der Waals surface area (Å²) in [7, 11) is 2.09. The number of aryl methyl sites for hydroxylation is 1. The van der Waals surface area contributed by atoms with Crippen LogP contribution in [0.3, 0.4) is 0 Å². The van der Waals surface area contributed by atoms with Crippen molar-refractivity contribution >= 4 is 0 Å². The first-order valence-electron chi connectivity index (χ1n) is 7.66. The molecule has 2 heteroatoms. The van der Waals surface area contributed by atoms with Crippen molar-refractivity contribution in [2.75, 3.05) is 13.7 Å². The molecule has 0 radical (unpaired) electrons. The predicted molar refractivity (Wildman–Crippen MR) is 78.6 cm³/mol. The van der Waals surface area contributed by atoms with Gasteiger partial charge in [0, 0.05) is 11.6 Å². The number of hydrogen-bond donors (Lipinski definition) is 1. The van der Waals surface area contributed by atoms with Crippen LogP contribution in [0.1, 0.15) is 56.2 Å². The Labute approximate surface area is 116 Å². The number of hydrogen-bond acceptors (Lipinski definition) is 2. The molecular formula is C17H25NO. The van der Waals surface area contributed by atoms with Crippen molar-refractivity contribution in [2.45, 2.75) is 51.5 Å². The molecule has 1 unspecified atom stereocenters. The number of ether oxygens (including phenoxy) is 1. The molecule has 1 aromatic rings. The van der Waals surface area contributed by atoms with Gasteiger partial charge in [0.25, 0.3) is 0 Å². The highest BCUT2D eigenvalue weighted by molar-refractivity contribution is 5.45. The van der Waals surface area contributed by atoms with Gasteiger partial charge in [-0.25, -0.2) is 0 Å². The van der Waals surface area contributed by atoms with Crippen LogP contribution in [0.5, 0.6) is 5.75 Å². The number of benzene rings is 1. The molecule has 3 rings (SSSR count). The van der Waals surface area contributed by atoms with E-state index >= 15 is 0 Å². The number of para-hydroxylation sites is 1. The molecule has 1 atom stereocenters. The summed E-state index contributed by atoms with van der Waals surface area (Å²) in [5, 5.41) is 3.57. The Morgan fingerprint density at radius 1 is 1.21 bits per heavy atom. The van der Waals surface area contributed by atoms with Crippen molar-refractivity contribution in [2.24, 2.45) is 5.41 Å². The molecule has 104 valence electrons. The highest BCUT2D eigenvalue weighted by atomic mass is 16.5. The first-order valence-corrected chi connectivity index (χ1v) is 7.66. The molecule has 19 heavy (non-hydrogen) atoms. The summed E-state index contributed by atoms with van der Waals surface area (Å²) in [5.41, 5.74) is 3.15. The maximum Gasteiger partial charge on any atom is 0.127 e. The van der Waals surface area contributed by atoms with Gasteiger partial charge >= 0.3 is 0 Å². The van der Waals surface area contributed by atoms with Gasteiger partial charge in [-0.1, -0.05) is 38.0 Å². The minimum Gasteiger partial charge on any atom is -0.493 e. The van der Waals surface area contributed by atoms with E-state index < -0.39 is 0 Å². The van der Waals surface area contributed by atoms with E-state index in [-0.39, 0.29) is 0 Å². The molecule has 1 saturated carbocycles. The highest BCUT2D eigenvalue weighted by Crippen LogP contribution is 2.49. The maximum atomic E-state index is 6.00. The van der Waals surface area contributed by atoms with Gasteiger partial charge in [0.05, 0.1) is 6.61 Å². The minimum atomic E-state index is 0.380. The smallest absolute Gasteiger partial charge is 0.127 e. The molecule has 1 fully saturated rings. The molecule has 1 N–H and O–H groups in total. The first kappa shape index (κ1) is 13.0. The summed E-state index contributed by atoms with van der Waals surface area (Å²) in [5.74, 6) is 1.17. The van der Waals surface area contributed by atoms with Gasteiger partial charge in [-0.15, -0.1) is 0 Å². The molecule has 1 aromatic carbocycles. The summed E-state index contributed by atoms with van der Waals surface area (Å²) in [4.78, 5) is 0. The van der Waals surface area contributed by atoms with Crippen LogP contribution in [0.15, 0.2) is 18.2 Å². The van der Waals surface area contributed by atoms with Gasteiger partial charge in [-0.2, -0.15) is 0 Å². The minimum absolute atomic E-state index is 0.380. The Balaban J connectivity index is 1.99. The third-order valence-corrected chi connectivity index (χ3v) is 5.01. The summed E-state index contributed by atoms with van der Waals surface area (Å²) >= 11 is 0. The van der Waals surface area contributed by atoms with Crippen LogP contribution in [0.2, 0.25) is 0 Å². The van der Waals surface area contributed by atoms with Crippen LogP contribution in [0, 0.1) is 5.41 Å². The summed E-state index contributed by atoms with van der Waals surface area (Å²) in [6, 6.07) is 7.10. The lowest BCUT2D eigenvalue weighted by atomic mass is 9.76. The van der Waals surface area contributed by atoms with E-state index in [1.165, 1.54) is 42.6 Å². The fraction of sp³-hybridized carbons (Fsp3) is 0.647. The van der Waals surface area contributed by atoms with Crippen LogP contribution in [0.4, 0.5) is 0 Å². The van der Waals surface area contributed by atoms with E-state index in [1.807, 2.05) is 0 Å². The Hall–Kier alpha value is -1.02. The van der Waals surface area contributed by atoms with E-state index in [4.69, 9.17) is 4.74 Å². The number of nitrogens with one attached hydrogen (secondary N) is 1. The SMILES string of the molecule is CNC(c1cccc2c1OCCC2)C1(C)CCCC1. The van der Waals surface area contributed by atoms with Gasteiger partial charge in [-0.05, 0) is 43.7 Å². The van der Waals surface area contributed by atoms with Gasteiger partial charge in [0.15, 0.2) is 0 Å². The standard InChI is InChI=1S/C17H25NO/c1-17(10-3-4-11-17)16(18-2)14-9-5-7-13-8-6-12-19-15(13)14/h5,7,9,16,18H,3-4,6,8,10-12H2,1-2H3. The third-order valence-electron chi connectivity index (χ3n) is 5.01. The van der Waals surface area contributed by atoms with E-state index in [0.29, 0.717) is 11.5 Å². The van der Waals surface area contributed by atoms with Crippen molar-refractivity contribution in [3.8, 4) is 5.75 Å². The van der Waals surface area contributed by atoms with Gasteiger partial charge < -0.3 is 10.1 Å². The Bertz CT molecular complexity index is 449. The van der Waals surface area contributed by atoms with E-state index in [1.54, 1.807) is 0 Å². The fourth-order valence-electron chi connectivity index (χ4n) is 3.99. The number of rotatable bonds is 3. The molecule has 0 amide bonds. The van der Waals surface area contributed by atoms with Gasteiger partial charge in [-0.3, -0.25) is 0 Å². The molecule has 0 spiro atoms. The van der Waals surface area contributed by atoms with E-state index in [9.17, 15) is 0 Å². The summed E-state index contributed by atoms with van der Waals surface area (Å²) in [6.07, 6.45) is 7.69. The Kier molecular flexibility index (Phi) is 3.53. The second-order valence-electron chi connectivity index (χ2n) is 6.37. The molecule has 0 bridgehead atoms. The fourth-order valence-corrected chi connectivity index (χ4v) is 3.99. The lowest BCUT2D eigenvalue weighted by Crippen LogP contribution is -2.33. The predicted octanol–water partition coefficient (Wildman–Crippen LogP) is 3.85. The first-order chi connectivity index (χ1) is 9.24. The van der Waals surface area contributed by atoms with Crippen LogP contribution >= 0.6 is 0 Å². The second kappa shape index (κ2) is 5.16. The van der Waals surface area contributed by atoms with E-state index in [2.05, 4.69) is 37.5 Å². The third kappa shape index (κ3) is 2.27. The van der Waals surface area contributed by atoms with Crippen molar-refractivity contribution in [3.05, 3.63) is 29.3 Å². The zero-order chi connectivity index (χ0) is 13.3. The Morgan fingerprint density at radius 2 is 2.00 bits per heavy atom. The largest absolute Gasteiger partial charge is 0.493 e. The average Bonchev–Trinajstić information content (AvgIpc) is 2.87. The molecule has 2 nitrogen and oxygen atoms in total. The van der Waals surface area contributed by atoms with Crippen LogP contribution < -0.4 is 10.1 Å².